The van der Waals surface area contributed by atoms with E-state index in [1.165, 1.54) is 225 Å². The van der Waals surface area contributed by atoms with Crippen LogP contribution in [0, 0.1) is 17.8 Å². The van der Waals surface area contributed by atoms with E-state index in [-0.39, 0.29) is 18.9 Å². The van der Waals surface area contributed by atoms with Crippen molar-refractivity contribution in [2.75, 3.05) is 26.2 Å². The highest BCUT2D eigenvalue weighted by atomic mass is 16.5. The van der Waals surface area contributed by atoms with Crippen LogP contribution in [0.3, 0.4) is 0 Å². The van der Waals surface area contributed by atoms with Gasteiger partial charge in [0.25, 0.3) is 12.9 Å². The zero-order valence-electron chi connectivity index (χ0n) is 37.9. The number of hydrogen-bond donors (Lipinski definition) is 2. The Morgan fingerprint density at radius 3 is 1.18 bits per heavy atom. The number of carboxylic acid groups (broad SMARTS) is 2. The number of esters is 1. The highest BCUT2D eigenvalue weighted by molar-refractivity contribution is 5.69. The van der Waals surface area contributed by atoms with Gasteiger partial charge in [0.2, 0.25) is 0 Å². The summed E-state index contributed by atoms with van der Waals surface area (Å²) in [7, 11) is 0. The Morgan fingerprint density at radius 1 is 0.500 bits per heavy atom. The maximum atomic E-state index is 12.4. The monoisotopic (exact) mass is 796 g/mol. The lowest BCUT2D eigenvalue weighted by molar-refractivity contribution is -0.145. The third-order valence-corrected chi connectivity index (χ3v) is 12.6. The van der Waals surface area contributed by atoms with E-state index in [2.05, 4.69) is 32.6 Å². The molecule has 0 aromatic carbocycles. The molecule has 0 aliphatic carbocycles. The molecule has 56 heavy (non-hydrogen) atoms. The minimum absolute atomic E-state index is 0.0417. The molecule has 0 aromatic rings. The van der Waals surface area contributed by atoms with Crippen LogP contribution < -0.4 is 0 Å². The SMILES string of the molecule is CCC1CCCCCCCCCCCCCCCC(CCCN(CC)CC)CCCCCCCCCCCCCCC(=O)OCC(CC)CC1.O=CO.O=CO. The molecule has 334 valence electrons. The summed E-state index contributed by atoms with van der Waals surface area (Å²) in [5.74, 6) is 2.41. The van der Waals surface area contributed by atoms with Crippen molar-refractivity contribution in [3.8, 4) is 0 Å². The van der Waals surface area contributed by atoms with Crippen LogP contribution in [0.4, 0.5) is 0 Å². The highest BCUT2D eigenvalue weighted by Crippen LogP contribution is 2.26. The van der Waals surface area contributed by atoms with Gasteiger partial charge < -0.3 is 19.8 Å². The maximum Gasteiger partial charge on any atom is 0.305 e. The molecule has 0 spiro atoms. The average molecular weight is 796 g/mol. The molecule has 3 unspecified atom stereocenters. The lowest BCUT2D eigenvalue weighted by Crippen LogP contribution is -2.24. The van der Waals surface area contributed by atoms with E-state index in [0.717, 1.165) is 24.7 Å². The van der Waals surface area contributed by atoms with Crippen LogP contribution in [0.5, 0.6) is 0 Å². The molecule has 0 radical (unpaired) electrons. The van der Waals surface area contributed by atoms with Crippen molar-refractivity contribution < 1.29 is 29.3 Å². The summed E-state index contributed by atoms with van der Waals surface area (Å²) in [5.41, 5.74) is 0. The molecule has 1 aliphatic heterocycles. The first-order valence-electron chi connectivity index (χ1n) is 24.5. The number of hydrogen-bond acceptors (Lipinski definition) is 5. The number of cyclic esters (lactones) is 1. The summed E-state index contributed by atoms with van der Waals surface area (Å²) in [6.07, 6.45) is 47.9. The fourth-order valence-corrected chi connectivity index (χ4v) is 8.57. The van der Waals surface area contributed by atoms with E-state index in [1.54, 1.807) is 0 Å². The first-order valence-corrected chi connectivity index (χ1v) is 24.5. The van der Waals surface area contributed by atoms with E-state index in [1.807, 2.05) is 0 Å². The number of rotatable bonds is 8. The van der Waals surface area contributed by atoms with E-state index < -0.39 is 0 Å². The van der Waals surface area contributed by atoms with Gasteiger partial charge in [-0.25, -0.2) is 0 Å². The maximum absolute atomic E-state index is 12.4. The topological polar surface area (TPSA) is 104 Å². The Morgan fingerprint density at radius 2 is 0.821 bits per heavy atom. The molecule has 1 fully saturated rings. The minimum atomic E-state index is -0.250. The van der Waals surface area contributed by atoms with Crippen molar-refractivity contribution in [1.82, 2.24) is 4.90 Å². The van der Waals surface area contributed by atoms with Crippen molar-refractivity contribution in [1.29, 1.82) is 0 Å². The summed E-state index contributed by atoms with van der Waals surface area (Å²) < 4.78 is 5.75. The van der Waals surface area contributed by atoms with Gasteiger partial charge in [-0.05, 0) is 63.1 Å². The summed E-state index contributed by atoms with van der Waals surface area (Å²) in [6, 6.07) is 0. The van der Waals surface area contributed by atoms with Crippen molar-refractivity contribution in [2.45, 2.75) is 252 Å². The zero-order valence-corrected chi connectivity index (χ0v) is 37.9. The molecule has 0 aromatic heterocycles. The van der Waals surface area contributed by atoms with E-state index in [9.17, 15) is 4.79 Å². The predicted octanol–water partition coefficient (Wildman–Crippen LogP) is 14.8. The van der Waals surface area contributed by atoms with E-state index in [4.69, 9.17) is 24.5 Å². The van der Waals surface area contributed by atoms with Crippen LogP contribution in [-0.4, -0.2) is 60.3 Å². The number of carbonyl (C=O) groups excluding carboxylic acids is 1. The molecule has 7 heteroatoms. The average Bonchev–Trinajstić information content (AvgIpc) is 3.20. The second-order valence-corrected chi connectivity index (χ2v) is 17.0. The first-order chi connectivity index (χ1) is 27.4. The smallest absolute Gasteiger partial charge is 0.305 e. The largest absolute Gasteiger partial charge is 0.483 e. The Hall–Kier alpha value is -1.63. The molecule has 2 N–H and O–H groups in total. The van der Waals surface area contributed by atoms with Gasteiger partial charge in [-0.1, -0.05) is 220 Å². The van der Waals surface area contributed by atoms with Gasteiger partial charge in [0.05, 0.1) is 6.61 Å². The van der Waals surface area contributed by atoms with Gasteiger partial charge in [0.1, 0.15) is 0 Å². The molecule has 1 saturated heterocycles. The van der Waals surface area contributed by atoms with E-state index >= 15 is 0 Å². The Balaban J connectivity index is 0. The van der Waals surface area contributed by atoms with Crippen LogP contribution in [0.25, 0.3) is 0 Å². The van der Waals surface area contributed by atoms with Gasteiger partial charge in [-0.2, -0.15) is 0 Å². The van der Waals surface area contributed by atoms with Crippen molar-refractivity contribution in [2.24, 2.45) is 17.8 Å². The number of ether oxygens (including phenoxy) is 1. The van der Waals surface area contributed by atoms with Crippen LogP contribution in [0.1, 0.15) is 252 Å². The van der Waals surface area contributed by atoms with Crippen LogP contribution >= 0.6 is 0 Å². The van der Waals surface area contributed by atoms with Gasteiger partial charge in [0, 0.05) is 6.42 Å². The van der Waals surface area contributed by atoms with Gasteiger partial charge in [-0.3, -0.25) is 14.4 Å². The van der Waals surface area contributed by atoms with Crippen molar-refractivity contribution in [3.63, 3.8) is 0 Å². The van der Waals surface area contributed by atoms with Crippen molar-refractivity contribution in [3.05, 3.63) is 0 Å². The quantitative estimate of drug-likeness (QED) is 0.186. The molecule has 1 aliphatic rings. The van der Waals surface area contributed by atoms with Gasteiger partial charge >= 0.3 is 5.97 Å². The molecule has 1 rings (SSSR count). The third-order valence-electron chi connectivity index (χ3n) is 12.6. The Bertz CT molecular complexity index is 785. The highest BCUT2D eigenvalue weighted by Gasteiger charge is 2.14. The van der Waals surface area contributed by atoms with Gasteiger partial charge in [0.15, 0.2) is 0 Å². The number of nitrogens with zero attached hydrogens (tertiary/aromatic N) is 1. The zero-order chi connectivity index (χ0) is 41.6. The molecular formula is C49H97NO6. The van der Waals surface area contributed by atoms with Crippen molar-refractivity contribution >= 4 is 18.9 Å². The van der Waals surface area contributed by atoms with Crippen LogP contribution in [0.15, 0.2) is 0 Å². The lowest BCUT2D eigenvalue weighted by Gasteiger charge is -2.21. The molecule has 0 bridgehead atoms. The fourth-order valence-electron chi connectivity index (χ4n) is 8.57. The van der Waals surface area contributed by atoms with E-state index in [0.29, 0.717) is 18.9 Å². The molecule has 0 amide bonds. The second kappa shape index (κ2) is 47.7. The fraction of sp³-hybridized carbons (Fsp3) is 0.939. The summed E-state index contributed by atoms with van der Waals surface area (Å²) >= 11 is 0. The predicted molar refractivity (Wildman–Crippen MR) is 240 cm³/mol. The lowest BCUT2D eigenvalue weighted by atomic mass is 9.89. The molecule has 7 nitrogen and oxygen atoms in total. The summed E-state index contributed by atoms with van der Waals surface area (Å²) in [4.78, 5) is 31.7. The number of carbonyl (C=O) groups is 3. The minimum Gasteiger partial charge on any atom is -0.483 e. The molecule has 3 atom stereocenters. The Labute approximate surface area is 348 Å². The molecular weight excluding hydrogens is 699 g/mol. The molecule has 1 heterocycles. The first kappa shape index (κ1) is 56.5. The Kier molecular flexibility index (Phi) is 48.1. The van der Waals surface area contributed by atoms with Gasteiger partial charge in [-0.15, -0.1) is 0 Å². The standard InChI is InChI=1S/C47H93NO2.2CH2O2/c1-5-44-35-30-26-22-18-14-10-9-11-15-19-23-27-31-36-46(38-34-42-48(7-3)8-4)37-32-28-24-20-16-12-13-17-21-25-29-33-39-47(49)50-43-45(6-2)41-40-44;2*2-1-3/h44-46H,5-43H2,1-4H3;2*1H,(H,2,3). The third kappa shape index (κ3) is 42.0. The molecule has 0 saturated carbocycles. The van der Waals surface area contributed by atoms with Crippen LogP contribution in [0.2, 0.25) is 0 Å². The summed E-state index contributed by atoms with van der Waals surface area (Å²) in [6.45, 7) is 13.1. The van der Waals surface area contributed by atoms with Crippen LogP contribution in [-0.2, 0) is 19.1 Å². The second-order valence-electron chi connectivity index (χ2n) is 17.0. The summed E-state index contributed by atoms with van der Waals surface area (Å²) in [5, 5.41) is 13.8. The normalized spacial score (nSPS) is 23.1.